The van der Waals surface area contributed by atoms with Crippen LogP contribution in [0.25, 0.3) is 0 Å². The highest BCUT2D eigenvalue weighted by Crippen LogP contribution is 2.12. The Labute approximate surface area is 134 Å². The van der Waals surface area contributed by atoms with Crippen LogP contribution in [0.4, 0.5) is 0 Å². The van der Waals surface area contributed by atoms with Gasteiger partial charge in [-0.05, 0) is 25.7 Å². The molecule has 0 radical (unpaired) electrons. The number of hydrogen-bond acceptors (Lipinski definition) is 4. The summed E-state index contributed by atoms with van der Waals surface area (Å²) < 4.78 is 0. The minimum Gasteiger partial charge on any atom is -0.481 e. The van der Waals surface area contributed by atoms with Crippen molar-refractivity contribution in [3.63, 3.8) is 0 Å². The third-order valence-electron chi connectivity index (χ3n) is 3.27. The molecule has 1 amide bonds. The zero-order chi connectivity index (χ0) is 17.2. The van der Waals surface area contributed by atoms with Crippen molar-refractivity contribution in [2.24, 2.45) is 11.7 Å². The molecule has 0 aliphatic rings. The van der Waals surface area contributed by atoms with E-state index in [1.165, 1.54) is 0 Å². The number of hydrogen-bond donors (Lipinski definition) is 4. The van der Waals surface area contributed by atoms with Gasteiger partial charge in [0, 0.05) is 25.4 Å². The third-order valence-corrected chi connectivity index (χ3v) is 3.27. The molecule has 1 atom stereocenters. The van der Waals surface area contributed by atoms with E-state index in [0.717, 1.165) is 38.5 Å². The molecule has 0 fully saturated rings. The van der Waals surface area contributed by atoms with Crippen molar-refractivity contribution in [1.82, 2.24) is 5.32 Å². The number of unbranched alkanes of at least 4 members (excludes halogenated alkanes) is 3. The summed E-state index contributed by atoms with van der Waals surface area (Å²) in [4.78, 5) is 22.1. The maximum absolute atomic E-state index is 11.8. The Balaban J connectivity index is 0. The monoisotopic (exact) mass is 318 g/mol. The molecule has 0 saturated heterocycles. The lowest BCUT2D eigenvalue weighted by molar-refractivity contribution is -0.137. The lowest BCUT2D eigenvalue weighted by atomic mass is 9.98. The van der Waals surface area contributed by atoms with Crippen LogP contribution >= 0.6 is 0 Å². The van der Waals surface area contributed by atoms with Gasteiger partial charge in [0.25, 0.3) is 0 Å². The van der Waals surface area contributed by atoms with Crippen LogP contribution in [0, 0.1) is 5.92 Å². The van der Waals surface area contributed by atoms with Crippen LogP contribution in [0.3, 0.4) is 0 Å². The van der Waals surface area contributed by atoms with Crippen LogP contribution in [0.15, 0.2) is 0 Å². The fraction of sp³-hybridized carbons (Fsp3) is 0.875. The lowest BCUT2D eigenvalue weighted by Gasteiger charge is -2.14. The Hall–Kier alpha value is -1.14. The number of carboxylic acid groups (broad SMARTS) is 1. The van der Waals surface area contributed by atoms with E-state index in [2.05, 4.69) is 12.2 Å². The molecule has 0 aliphatic carbocycles. The summed E-state index contributed by atoms with van der Waals surface area (Å²) in [5.74, 6) is -0.446. The maximum atomic E-state index is 11.8. The SMILES string of the molecule is CCCCC(CC)C(=O)NCCCCCC(=O)O.NCCO. The summed E-state index contributed by atoms with van der Waals surface area (Å²) in [6.45, 7) is 5.32. The van der Waals surface area contributed by atoms with E-state index in [0.29, 0.717) is 19.5 Å². The molecule has 0 rings (SSSR count). The quantitative estimate of drug-likeness (QED) is 0.411. The molecule has 0 spiro atoms. The van der Waals surface area contributed by atoms with Gasteiger partial charge in [0.15, 0.2) is 0 Å². The van der Waals surface area contributed by atoms with Crippen LogP contribution in [-0.2, 0) is 9.59 Å². The Kier molecular flexibility index (Phi) is 18.8. The van der Waals surface area contributed by atoms with E-state index in [1.807, 2.05) is 6.92 Å². The molecule has 1 unspecified atom stereocenters. The van der Waals surface area contributed by atoms with Crippen molar-refractivity contribution >= 4 is 11.9 Å². The van der Waals surface area contributed by atoms with E-state index in [4.69, 9.17) is 15.9 Å². The summed E-state index contributed by atoms with van der Waals surface area (Å²) in [5.41, 5.74) is 4.78. The molecular formula is C16H34N2O4. The van der Waals surface area contributed by atoms with Crippen molar-refractivity contribution in [1.29, 1.82) is 0 Å². The first-order valence-corrected chi connectivity index (χ1v) is 8.33. The highest BCUT2D eigenvalue weighted by atomic mass is 16.4. The fourth-order valence-corrected chi connectivity index (χ4v) is 1.91. The third kappa shape index (κ3) is 16.9. The van der Waals surface area contributed by atoms with Crippen molar-refractivity contribution in [3.05, 3.63) is 0 Å². The van der Waals surface area contributed by atoms with Crippen LogP contribution < -0.4 is 11.1 Å². The molecule has 0 aromatic heterocycles. The maximum Gasteiger partial charge on any atom is 0.303 e. The average molecular weight is 318 g/mol. The zero-order valence-electron chi connectivity index (χ0n) is 14.1. The molecule has 0 bridgehead atoms. The number of carbonyl (C=O) groups excluding carboxylic acids is 1. The Bertz CT molecular complexity index is 271. The van der Waals surface area contributed by atoms with Gasteiger partial charge in [0.05, 0.1) is 6.61 Å². The van der Waals surface area contributed by atoms with Gasteiger partial charge in [0.1, 0.15) is 0 Å². The molecule has 132 valence electrons. The first-order chi connectivity index (χ1) is 10.5. The molecule has 6 heteroatoms. The van der Waals surface area contributed by atoms with Crippen molar-refractivity contribution in [2.45, 2.75) is 65.2 Å². The number of rotatable bonds is 12. The van der Waals surface area contributed by atoms with Gasteiger partial charge in [-0.1, -0.05) is 33.1 Å². The van der Waals surface area contributed by atoms with E-state index in [1.54, 1.807) is 0 Å². The van der Waals surface area contributed by atoms with E-state index < -0.39 is 5.97 Å². The van der Waals surface area contributed by atoms with Gasteiger partial charge < -0.3 is 21.3 Å². The second-order valence-electron chi connectivity index (χ2n) is 5.26. The molecule has 0 aromatic rings. The number of nitrogens with one attached hydrogen (secondary N) is 1. The number of aliphatic carboxylic acids is 1. The van der Waals surface area contributed by atoms with Gasteiger partial charge in [-0.15, -0.1) is 0 Å². The number of carboxylic acids is 1. The lowest BCUT2D eigenvalue weighted by Crippen LogP contribution is -2.31. The van der Waals surface area contributed by atoms with Gasteiger partial charge >= 0.3 is 5.97 Å². The first-order valence-electron chi connectivity index (χ1n) is 8.33. The molecule has 0 aliphatic heterocycles. The first kappa shape index (κ1) is 23.1. The Morgan fingerprint density at radius 1 is 1.14 bits per heavy atom. The van der Waals surface area contributed by atoms with Crippen LogP contribution in [0.2, 0.25) is 0 Å². The number of amides is 1. The smallest absolute Gasteiger partial charge is 0.303 e. The summed E-state index contributed by atoms with van der Waals surface area (Å²) in [5, 5.41) is 19.2. The number of carbonyl (C=O) groups is 2. The Morgan fingerprint density at radius 2 is 1.77 bits per heavy atom. The van der Waals surface area contributed by atoms with Crippen molar-refractivity contribution in [2.75, 3.05) is 19.7 Å². The van der Waals surface area contributed by atoms with Gasteiger partial charge in [0.2, 0.25) is 5.91 Å². The summed E-state index contributed by atoms with van der Waals surface area (Å²) in [6.07, 6.45) is 6.73. The standard InChI is InChI=1S/C14H27NO3.C2H7NO/c1-3-5-9-12(4-2)14(18)15-11-8-6-7-10-13(16)17;3-1-2-4/h12H,3-11H2,1-2H3,(H,15,18)(H,16,17);4H,1-3H2. The summed E-state index contributed by atoms with van der Waals surface area (Å²) in [6, 6.07) is 0. The highest BCUT2D eigenvalue weighted by molar-refractivity contribution is 5.78. The molecule has 22 heavy (non-hydrogen) atoms. The molecule has 0 aromatic carbocycles. The molecule has 0 saturated carbocycles. The topological polar surface area (TPSA) is 113 Å². The van der Waals surface area contributed by atoms with E-state index in [9.17, 15) is 9.59 Å². The summed E-state index contributed by atoms with van der Waals surface area (Å²) in [7, 11) is 0. The Morgan fingerprint density at radius 3 is 2.23 bits per heavy atom. The van der Waals surface area contributed by atoms with Gasteiger partial charge in [-0.3, -0.25) is 9.59 Å². The highest BCUT2D eigenvalue weighted by Gasteiger charge is 2.14. The molecular weight excluding hydrogens is 284 g/mol. The molecule has 6 nitrogen and oxygen atoms in total. The average Bonchev–Trinajstić information content (AvgIpc) is 2.51. The van der Waals surface area contributed by atoms with Gasteiger partial charge in [-0.2, -0.15) is 0 Å². The van der Waals surface area contributed by atoms with Crippen LogP contribution in [-0.4, -0.2) is 41.8 Å². The number of aliphatic hydroxyl groups is 1. The number of aliphatic hydroxyl groups excluding tert-OH is 1. The van der Waals surface area contributed by atoms with Crippen LogP contribution in [0.1, 0.15) is 65.2 Å². The fourth-order valence-electron chi connectivity index (χ4n) is 1.91. The molecule has 0 heterocycles. The second kappa shape index (κ2) is 17.9. The van der Waals surface area contributed by atoms with Gasteiger partial charge in [-0.25, -0.2) is 0 Å². The predicted octanol–water partition coefficient (Wildman–Crippen LogP) is 1.90. The zero-order valence-corrected chi connectivity index (χ0v) is 14.1. The van der Waals surface area contributed by atoms with Crippen LogP contribution in [0.5, 0.6) is 0 Å². The minimum atomic E-state index is -0.746. The van der Waals surface area contributed by atoms with Crippen molar-refractivity contribution in [3.8, 4) is 0 Å². The van der Waals surface area contributed by atoms with E-state index >= 15 is 0 Å². The van der Waals surface area contributed by atoms with E-state index in [-0.39, 0.29) is 24.9 Å². The molecule has 5 N–H and O–H groups in total. The minimum absolute atomic E-state index is 0.0972. The normalized spacial score (nSPS) is 11.3. The predicted molar refractivity (Wildman–Crippen MR) is 88.6 cm³/mol. The number of nitrogens with two attached hydrogens (primary N) is 1. The largest absolute Gasteiger partial charge is 0.481 e. The second-order valence-corrected chi connectivity index (χ2v) is 5.26. The summed E-state index contributed by atoms with van der Waals surface area (Å²) >= 11 is 0. The van der Waals surface area contributed by atoms with Crippen molar-refractivity contribution < 1.29 is 19.8 Å².